The highest BCUT2D eigenvalue weighted by atomic mass is 16.5. The summed E-state index contributed by atoms with van der Waals surface area (Å²) in [6.45, 7) is 7.45. The average molecular weight is 423 g/mol. The van der Waals surface area contributed by atoms with Crippen molar-refractivity contribution in [2.45, 2.75) is 46.6 Å². The second-order valence-electron chi connectivity index (χ2n) is 8.88. The lowest BCUT2D eigenvalue weighted by atomic mass is 9.89. The zero-order valence-corrected chi connectivity index (χ0v) is 18.5. The van der Waals surface area contributed by atoms with Crippen molar-refractivity contribution in [2.24, 2.45) is 16.7 Å². The van der Waals surface area contributed by atoms with E-state index in [0.29, 0.717) is 12.8 Å². The van der Waals surface area contributed by atoms with Crippen LogP contribution in [-0.4, -0.2) is 23.1 Å². The number of rotatable bonds is 9. The Morgan fingerprint density at radius 2 is 1.74 bits per heavy atom. The van der Waals surface area contributed by atoms with E-state index < -0.39 is 22.8 Å². The van der Waals surface area contributed by atoms with Crippen LogP contribution in [-0.2, 0) is 20.7 Å². The minimum atomic E-state index is -0.919. The van der Waals surface area contributed by atoms with Crippen LogP contribution < -0.4 is 4.74 Å². The van der Waals surface area contributed by atoms with Gasteiger partial charge in [-0.1, -0.05) is 50.3 Å². The molecule has 2 aromatic carbocycles. The molecule has 1 aliphatic carbocycles. The SMILES string of the molecule is CC(C)OC(=O)/C=C\[C@@H]1C(C)(C)[C@]1(CCc1cccc(Oc2ccccc2)c1)C(=O)O. The number of carbonyl (C=O) groups excluding carboxylic acids is 1. The Morgan fingerprint density at radius 3 is 2.39 bits per heavy atom. The predicted molar refractivity (Wildman–Crippen MR) is 119 cm³/mol. The highest BCUT2D eigenvalue weighted by Gasteiger charge is 2.73. The topological polar surface area (TPSA) is 72.8 Å². The summed E-state index contributed by atoms with van der Waals surface area (Å²) in [5.41, 5.74) is -0.359. The monoisotopic (exact) mass is 422 g/mol. The molecule has 1 aliphatic rings. The lowest BCUT2D eigenvalue weighted by molar-refractivity contribution is -0.145. The van der Waals surface area contributed by atoms with E-state index in [2.05, 4.69) is 0 Å². The van der Waals surface area contributed by atoms with Crippen molar-refractivity contribution in [1.29, 1.82) is 0 Å². The number of hydrogen-bond donors (Lipinski definition) is 1. The van der Waals surface area contributed by atoms with Crippen LogP contribution in [0.1, 0.15) is 39.7 Å². The van der Waals surface area contributed by atoms with Gasteiger partial charge in [0.1, 0.15) is 11.5 Å². The smallest absolute Gasteiger partial charge is 0.330 e. The van der Waals surface area contributed by atoms with Crippen LogP contribution in [0.4, 0.5) is 0 Å². The van der Waals surface area contributed by atoms with Crippen molar-refractivity contribution in [3.63, 3.8) is 0 Å². The quantitative estimate of drug-likeness (QED) is 0.418. The lowest BCUT2D eigenvalue weighted by Crippen LogP contribution is -2.22. The number of carbonyl (C=O) groups is 2. The molecule has 5 heteroatoms. The van der Waals surface area contributed by atoms with Crippen molar-refractivity contribution in [3.8, 4) is 11.5 Å². The molecule has 0 unspecified atom stereocenters. The Balaban J connectivity index is 1.71. The maximum absolute atomic E-state index is 12.3. The van der Waals surface area contributed by atoms with Crippen LogP contribution in [0.5, 0.6) is 11.5 Å². The van der Waals surface area contributed by atoms with Gasteiger partial charge in [-0.25, -0.2) is 4.79 Å². The second-order valence-corrected chi connectivity index (χ2v) is 8.88. The minimum Gasteiger partial charge on any atom is -0.481 e. The maximum atomic E-state index is 12.3. The van der Waals surface area contributed by atoms with Gasteiger partial charge in [0.25, 0.3) is 0 Å². The van der Waals surface area contributed by atoms with E-state index in [1.54, 1.807) is 19.9 Å². The molecular weight excluding hydrogens is 392 g/mol. The Morgan fingerprint density at radius 1 is 1.06 bits per heavy atom. The molecule has 1 saturated carbocycles. The van der Waals surface area contributed by atoms with Gasteiger partial charge in [0.2, 0.25) is 0 Å². The van der Waals surface area contributed by atoms with E-state index in [0.717, 1.165) is 17.1 Å². The van der Waals surface area contributed by atoms with Crippen molar-refractivity contribution in [3.05, 3.63) is 72.3 Å². The summed E-state index contributed by atoms with van der Waals surface area (Å²) < 4.78 is 11.0. The number of aliphatic carboxylic acids is 1. The van der Waals surface area contributed by atoms with Gasteiger partial charge >= 0.3 is 11.9 Å². The highest BCUT2D eigenvalue weighted by molar-refractivity contribution is 5.85. The van der Waals surface area contributed by atoms with E-state index in [9.17, 15) is 14.7 Å². The molecule has 3 rings (SSSR count). The summed E-state index contributed by atoms with van der Waals surface area (Å²) in [7, 11) is 0. The summed E-state index contributed by atoms with van der Waals surface area (Å²) in [4.78, 5) is 24.2. The molecule has 0 amide bonds. The van der Waals surface area contributed by atoms with E-state index in [1.807, 2.05) is 68.4 Å². The van der Waals surface area contributed by atoms with Gasteiger partial charge in [-0.15, -0.1) is 0 Å². The lowest BCUT2D eigenvalue weighted by Gasteiger charge is -2.16. The fourth-order valence-corrected chi connectivity index (χ4v) is 4.47. The molecule has 164 valence electrons. The summed E-state index contributed by atoms with van der Waals surface area (Å²) in [5, 5.41) is 10.1. The molecule has 0 spiro atoms. The summed E-state index contributed by atoms with van der Waals surface area (Å²) in [5.74, 6) is -0.0377. The summed E-state index contributed by atoms with van der Waals surface area (Å²) in [6.07, 6.45) is 3.93. The first-order valence-corrected chi connectivity index (χ1v) is 10.6. The van der Waals surface area contributed by atoms with Crippen LogP contribution in [0.25, 0.3) is 0 Å². The normalized spacial score (nSPS) is 21.8. The number of carboxylic acids is 1. The summed E-state index contributed by atoms with van der Waals surface area (Å²) >= 11 is 0. The van der Waals surface area contributed by atoms with Gasteiger partial charge in [0.15, 0.2) is 0 Å². The van der Waals surface area contributed by atoms with Gasteiger partial charge in [-0.3, -0.25) is 4.79 Å². The number of carboxylic acid groups (broad SMARTS) is 1. The predicted octanol–water partition coefficient (Wildman–Crippen LogP) is 5.65. The summed E-state index contributed by atoms with van der Waals surface area (Å²) in [6, 6.07) is 17.3. The molecule has 1 N–H and O–H groups in total. The van der Waals surface area contributed by atoms with Crippen molar-refractivity contribution < 1.29 is 24.2 Å². The molecule has 0 saturated heterocycles. The molecular formula is C26H30O5. The molecule has 0 radical (unpaired) electrons. The molecule has 2 atom stereocenters. The standard InChI is InChI=1S/C26H30O5/c1-18(2)30-23(27)14-13-22-25(3,4)26(22,24(28)29)16-15-19-9-8-12-21(17-19)31-20-10-6-5-7-11-20/h5-14,17-18,22H,15-16H2,1-4H3,(H,28,29)/b14-13-/t22-,26+/m1/s1. The van der Waals surface area contributed by atoms with Crippen LogP contribution in [0.2, 0.25) is 0 Å². The third kappa shape index (κ3) is 4.82. The molecule has 2 aromatic rings. The van der Waals surface area contributed by atoms with Crippen LogP contribution in [0.15, 0.2) is 66.7 Å². The van der Waals surface area contributed by atoms with Gasteiger partial charge in [-0.2, -0.15) is 0 Å². The van der Waals surface area contributed by atoms with Gasteiger partial charge in [0, 0.05) is 12.0 Å². The number of esters is 1. The van der Waals surface area contributed by atoms with Crippen LogP contribution in [0.3, 0.4) is 0 Å². The Labute approximate surface area is 183 Å². The van der Waals surface area contributed by atoms with Gasteiger partial charge < -0.3 is 14.6 Å². The average Bonchev–Trinajstić information content (AvgIpc) is 3.20. The van der Waals surface area contributed by atoms with E-state index in [1.165, 1.54) is 6.08 Å². The van der Waals surface area contributed by atoms with Gasteiger partial charge in [0.05, 0.1) is 11.5 Å². The number of hydrogen-bond acceptors (Lipinski definition) is 4. The molecule has 0 aliphatic heterocycles. The maximum Gasteiger partial charge on any atom is 0.330 e. The Kier molecular flexibility index (Phi) is 6.54. The number of benzene rings is 2. The minimum absolute atomic E-state index is 0.209. The molecule has 5 nitrogen and oxygen atoms in total. The number of ether oxygens (including phenoxy) is 2. The van der Waals surface area contributed by atoms with Crippen molar-refractivity contribution in [2.75, 3.05) is 0 Å². The first-order chi connectivity index (χ1) is 14.7. The first kappa shape index (κ1) is 22.6. The van der Waals surface area contributed by atoms with Crippen molar-refractivity contribution in [1.82, 2.24) is 0 Å². The third-order valence-electron chi connectivity index (χ3n) is 6.22. The van der Waals surface area contributed by atoms with E-state index in [-0.39, 0.29) is 12.0 Å². The van der Waals surface area contributed by atoms with Crippen LogP contribution in [0, 0.1) is 16.7 Å². The second kappa shape index (κ2) is 8.96. The molecule has 0 bridgehead atoms. The number of para-hydroxylation sites is 1. The van der Waals surface area contributed by atoms with E-state index >= 15 is 0 Å². The zero-order valence-electron chi connectivity index (χ0n) is 18.5. The zero-order chi connectivity index (χ0) is 22.6. The van der Waals surface area contributed by atoms with E-state index in [4.69, 9.17) is 9.47 Å². The fourth-order valence-electron chi connectivity index (χ4n) is 4.47. The Hall–Kier alpha value is -3.08. The van der Waals surface area contributed by atoms with Crippen molar-refractivity contribution >= 4 is 11.9 Å². The largest absolute Gasteiger partial charge is 0.481 e. The third-order valence-corrected chi connectivity index (χ3v) is 6.22. The van der Waals surface area contributed by atoms with Gasteiger partial charge in [-0.05, 0) is 61.9 Å². The number of allylic oxidation sites excluding steroid dienone is 1. The number of aryl methyl sites for hydroxylation is 1. The molecule has 1 fully saturated rings. The molecule has 0 heterocycles. The first-order valence-electron chi connectivity index (χ1n) is 10.6. The van der Waals surface area contributed by atoms with Crippen LogP contribution >= 0.6 is 0 Å². The molecule has 31 heavy (non-hydrogen) atoms. The molecule has 0 aromatic heterocycles. The fraction of sp³-hybridized carbons (Fsp3) is 0.385. The Bertz CT molecular complexity index is 961. The highest BCUT2D eigenvalue weighted by Crippen LogP contribution is 2.71.